The van der Waals surface area contributed by atoms with E-state index in [4.69, 9.17) is 15.8 Å². The molecule has 1 N–H and O–H groups in total. The lowest BCUT2D eigenvalue weighted by Gasteiger charge is -2.08. The lowest BCUT2D eigenvalue weighted by Crippen LogP contribution is -2.09. The molecule has 4 nitrogen and oxygen atoms in total. The maximum atomic E-state index is 11.9. The average molecular weight is 285 g/mol. The molecule has 0 aliphatic heterocycles. The summed E-state index contributed by atoms with van der Waals surface area (Å²) in [5.74, 6) is -0.359. The largest absolute Gasteiger partial charge is 0.504 e. The molecule has 6 heteroatoms. The molecule has 0 aliphatic carbocycles. The third kappa shape index (κ3) is 2.75. The van der Waals surface area contributed by atoms with E-state index in [2.05, 4.69) is 0 Å². The van der Waals surface area contributed by atoms with Gasteiger partial charge in [0.05, 0.1) is 0 Å². The zero-order chi connectivity index (χ0) is 13.2. The summed E-state index contributed by atoms with van der Waals surface area (Å²) >= 11 is 5.67. The van der Waals surface area contributed by atoms with Gasteiger partial charge in [-0.05, 0) is 36.4 Å². The molecule has 2 aromatic carbocycles. The summed E-state index contributed by atoms with van der Waals surface area (Å²) in [6.07, 6.45) is 0. The summed E-state index contributed by atoms with van der Waals surface area (Å²) in [6, 6.07) is 11.4. The first-order chi connectivity index (χ1) is 8.49. The van der Waals surface area contributed by atoms with Gasteiger partial charge in [-0.1, -0.05) is 23.7 Å². The number of aromatic hydroxyl groups is 1. The van der Waals surface area contributed by atoms with E-state index in [9.17, 15) is 13.5 Å². The molecule has 18 heavy (non-hydrogen) atoms. The second-order valence-electron chi connectivity index (χ2n) is 3.46. The quantitative estimate of drug-likeness (QED) is 0.880. The fourth-order valence-electron chi connectivity index (χ4n) is 1.30. The van der Waals surface area contributed by atoms with Crippen LogP contribution in [0.25, 0.3) is 0 Å². The van der Waals surface area contributed by atoms with Gasteiger partial charge in [0.2, 0.25) is 0 Å². The predicted octanol–water partition coefficient (Wildman–Crippen LogP) is 2.81. The number of halogens is 1. The smallest absolute Gasteiger partial charge is 0.339 e. The Labute approximate surface area is 110 Å². The van der Waals surface area contributed by atoms with Gasteiger partial charge in [-0.25, -0.2) is 0 Å². The van der Waals surface area contributed by atoms with Crippen LogP contribution >= 0.6 is 11.6 Å². The van der Waals surface area contributed by atoms with Crippen molar-refractivity contribution in [3.05, 3.63) is 53.6 Å². The summed E-state index contributed by atoms with van der Waals surface area (Å²) in [7, 11) is -3.97. The normalized spacial score (nSPS) is 11.2. The van der Waals surface area contributed by atoms with Crippen LogP contribution in [0, 0.1) is 0 Å². The monoisotopic (exact) mass is 284 g/mol. The van der Waals surface area contributed by atoms with Gasteiger partial charge in [-0.2, -0.15) is 8.42 Å². The highest BCUT2D eigenvalue weighted by Crippen LogP contribution is 2.28. The Morgan fingerprint density at radius 1 is 1.00 bits per heavy atom. The number of rotatable bonds is 3. The Morgan fingerprint density at radius 3 is 2.22 bits per heavy atom. The third-order valence-corrected chi connectivity index (χ3v) is 3.67. The van der Waals surface area contributed by atoms with Gasteiger partial charge in [-0.15, -0.1) is 0 Å². The third-order valence-electron chi connectivity index (χ3n) is 2.17. The topological polar surface area (TPSA) is 63.6 Å². The first-order valence-electron chi connectivity index (χ1n) is 4.97. The van der Waals surface area contributed by atoms with E-state index in [1.165, 1.54) is 36.4 Å². The van der Waals surface area contributed by atoms with Crippen molar-refractivity contribution >= 4 is 21.7 Å². The van der Waals surface area contributed by atoms with Crippen LogP contribution in [-0.4, -0.2) is 13.5 Å². The Morgan fingerprint density at radius 2 is 1.61 bits per heavy atom. The number of hydrogen-bond acceptors (Lipinski definition) is 4. The molecule has 2 rings (SSSR count). The Kier molecular flexibility index (Phi) is 3.45. The number of phenolic OH excluding ortho intramolecular Hbond substituents is 1. The summed E-state index contributed by atoms with van der Waals surface area (Å²) < 4.78 is 28.6. The molecule has 0 saturated heterocycles. The van der Waals surface area contributed by atoms with Crippen molar-refractivity contribution in [3.8, 4) is 11.5 Å². The number of phenols is 1. The van der Waals surface area contributed by atoms with E-state index < -0.39 is 10.1 Å². The zero-order valence-corrected chi connectivity index (χ0v) is 10.6. The first kappa shape index (κ1) is 12.7. The van der Waals surface area contributed by atoms with Crippen molar-refractivity contribution < 1.29 is 17.7 Å². The van der Waals surface area contributed by atoms with Gasteiger partial charge in [0, 0.05) is 5.02 Å². The highest BCUT2D eigenvalue weighted by atomic mass is 35.5. The van der Waals surface area contributed by atoms with Gasteiger partial charge < -0.3 is 9.29 Å². The second kappa shape index (κ2) is 4.88. The van der Waals surface area contributed by atoms with Crippen LogP contribution in [0.3, 0.4) is 0 Å². The van der Waals surface area contributed by atoms with Crippen LogP contribution in [0.4, 0.5) is 0 Å². The first-order valence-corrected chi connectivity index (χ1v) is 6.76. The minimum Gasteiger partial charge on any atom is -0.504 e. The standard InChI is InChI=1S/C12H9ClO4S/c13-9-5-7-10(8-6-9)18(15,16)17-12-4-2-1-3-11(12)14/h1-8,14H. The number of hydrogen-bond donors (Lipinski definition) is 1. The van der Waals surface area contributed by atoms with Crippen LogP contribution in [0.1, 0.15) is 0 Å². The molecule has 0 radical (unpaired) electrons. The Bertz CT molecular complexity index is 650. The summed E-state index contributed by atoms with van der Waals surface area (Å²) in [5.41, 5.74) is 0. The Hall–Kier alpha value is -1.72. The van der Waals surface area contributed by atoms with Crippen LogP contribution in [0.15, 0.2) is 53.4 Å². The Balaban J connectivity index is 2.33. The molecule has 94 valence electrons. The molecule has 0 spiro atoms. The summed E-state index contributed by atoms with van der Waals surface area (Å²) in [4.78, 5) is -0.0323. The molecule has 0 aromatic heterocycles. The van der Waals surface area contributed by atoms with Gasteiger partial charge >= 0.3 is 10.1 Å². The fourth-order valence-corrected chi connectivity index (χ4v) is 2.36. The lowest BCUT2D eigenvalue weighted by atomic mass is 10.3. The molecule has 0 fully saturated rings. The highest BCUT2D eigenvalue weighted by Gasteiger charge is 2.18. The molecule has 0 unspecified atom stereocenters. The van der Waals surface area contributed by atoms with Gasteiger partial charge in [0.15, 0.2) is 11.5 Å². The zero-order valence-electron chi connectivity index (χ0n) is 9.08. The minimum atomic E-state index is -3.97. The molecule has 0 heterocycles. The molecule has 0 amide bonds. The van der Waals surface area contributed by atoms with E-state index in [1.807, 2.05) is 0 Å². The molecule has 0 saturated carbocycles. The summed E-state index contributed by atoms with van der Waals surface area (Å²) in [6.45, 7) is 0. The van der Waals surface area contributed by atoms with E-state index in [0.717, 1.165) is 0 Å². The van der Waals surface area contributed by atoms with Gasteiger partial charge in [-0.3, -0.25) is 0 Å². The highest BCUT2D eigenvalue weighted by molar-refractivity contribution is 7.87. The predicted molar refractivity (Wildman–Crippen MR) is 67.4 cm³/mol. The van der Waals surface area contributed by atoms with E-state index in [0.29, 0.717) is 5.02 Å². The van der Waals surface area contributed by atoms with E-state index >= 15 is 0 Å². The molecule has 2 aromatic rings. The van der Waals surface area contributed by atoms with Gasteiger partial charge in [0.25, 0.3) is 0 Å². The van der Waals surface area contributed by atoms with Crippen molar-refractivity contribution in [1.82, 2.24) is 0 Å². The maximum Gasteiger partial charge on any atom is 0.339 e. The van der Waals surface area contributed by atoms with Crippen molar-refractivity contribution in [2.24, 2.45) is 0 Å². The van der Waals surface area contributed by atoms with Gasteiger partial charge in [0.1, 0.15) is 4.90 Å². The molecule has 0 atom stereocenters. The van der Waals surface area contributed by atoms with Crippen molar-refractivity contribution in [1.29, 1.82) is 0 Å². The summed E-state index contributed by atoms with van der Waals surface area (Å²) in [5, 5.41) is 9.88. The average Bonchev–Trinajstić information content (AvgIpc) is 2.32. The van der Waals surface area contributed by atoms with E-state index in [-0.39, 0.29) is 16.4 Å². The second-order valence-corrected chi connectivity index (χ2v) is 5.44. The van der Waals surface area contributed by atoms with Crippen LogP contribution < -0.4 is 4.18 Å². The van der Waals surface area contributed by atoms with Crippen LogP contribution in [-0.2, 0) is 10.1 Å². The van der Waals surface area contributed by atoms with Crippen molar-refractivity contribution in [3.63, 3.8) is 0 Å². The molecular weight excluding hydrogens is 276 g/mol. The SMILES string of the molecule is O=S(=O)(Oc1ccccc1O)c1ccc(Cl)cc1. The fraction of sp³-hybridized carbons (Fsp3) is 0. The van der Waals surface area contributed by atoms with Crippen molar-refractivity contribution in [2.45, 2.75) is 4.90 Å². The van der Waals surface area contributed by atoms with Crippen molar-refractivity contribution in [2.75, 3.05) is 0 Å². The van der Waals surface area contributed by atoms with E-state index in [1.54, 1.807) is 12.1 Å². The molecular formula is C12H9ClO4S. The number of para-hydroxylation sites is 2. The van der Waals surface area contributed by atoms with Crippen LogP contribution in [0.5, 0.6) is 11.5 Å². The number of benzene rings is 2. The maximum absolute atomic E-state index is 11.9. The molecule has 0 bridgehead atoms. The molecule has 0 aliphatic rings. The lowest BCUT2D eigenvalue weighted by molar-refractivity contribution is 0.428. The minimum absolute atomic E-state index is 0.0323. The van der Waals surface area contributed by atoms with Crippen LogP contribution in [0.2, 0.25) is 5.02 Å².